The summed E-state index contributed by atoms with van der Waals surface area (Å²) < 4.78 is 31.7. The lowest BCUT2D eigenvalue weighted by molar-refractivity contribution is -0.144. The van der Waals surface area contributed by atoms with Crippen molar-refractivity contribution in [1.29, 1.82) is 0 Å². The molecule has 1 N–H and O–H groups in total. The summed E-state index contributed by atoms with van der Waals surface area (Å²) in [6.45, 7) is 3.22. The zero-order chi connectivity index (χ0) is 19.2. The topological polar surface area (TPSA) is 104 Å². The molecule has 1 amide bonds. The summed E-state index contributed by atoms with van der Waals surface area (Å²) in [5.41, 5.74) is 0.825. The van der Waals surface area contributed by atoms with Gasteiger partial charge in [0.1, 0.15) is 6.54 Å². The second-order valence-electron chi connectivity index (χ2n) is 5.96. The number of carboxylic acid groups (broad SMARTS) is 1. The number of carbonyl (C=O) groups is 2. The van der Waals surface area contributed by atoms with Crippen LogP contribution in [0.2, 0.25) is 0 Å². The maximum absolute atomic E-state index is 12.5. The largest absolute Gasteiger partial charge is 0.480 e. The van der Waals surface area contributed by atoms with Crippen molar-refractivity contribution in [2.24, 2.45) is 0 Å². The van der Waals surface area contributed by atoms with Crippen molar-refractivity contribution in [3.05, 3.63) is 29.8 Å². The number of carboxylic acids is 1. The van der Waals surface area contributed by atoms with Gasteiger partial charge in [0, 0.05) is 26.1 Å². The monoisotopic (exact) mass is 384 g/mol. The van der Waals surface area contributed by atoms with Crippen molar-refractivity contribution in [2.45, 2.75) is 24.7 Å². The number of hydrogen-bond acceptors (Lipinski definition) is 5. The summed E-state index contributed by atoms with van der Waals surface area (Å²) in [7, 11) is -3.53. The summed E-state index contributed by atoms with van der Waals surface area (Å²) in [6.07, 6.45) is 0.601. The van der Waals surface area contributed by atoms with Crippen LogP contribution in [0.1, 0.15) is 18.9 Å². The van der Waals surface area contributed by atoms with E-state index in [0.717, 1.165) is 5.56 Å². The van der Waals surface area contributed by atoms with E-state index in [1.807, 2.05) is 0 Å². The first-order chi connectivity index (χ1) is 12.3. The number of amides is 1. The average molecular weight is 384 g/mol. The molecule has 26 heavy (non-hydrogen) atoms. The molecule has 1 fully saturated rings. The van der Waals surface area contributed by atoms with Crippen molar-refractivity contribution < 1.29 is 27.9 Å². The van der Waals surface area contributed by atoms with Gasteiger partial charge in [0.15, 0.2) is 0 Å². The van der Waals surface area contributed by atoms with Gasteiger partial charge in [-0.2, -0.15) is 4.31 Å². The van der Waals surface area contributed by atoms with E-state index in [0.29, 0.717) is 39.3 Å². The van der Waals surface area contributed by atoms with E-state index in [2.05, 4.69) is 0 Å². The fourth-order valence-electron chi connectivity index (χ4n) is 2.71. The lowest BCUT2D eigenvalue weighted by atomic mass is 10.1. The minimum absolute atomic E-state index is 0.177. The van der Waals surface area contributed by atoms with Crippen LogP contribution in [0.15, 0.2) is 29.2 Å². The molecule has 1 heterocycles. The highest BCUT2D eigenvalue weighted by molar-refractivity contribution is 7.89. The van der Waals surface area contributed by atoms with Crippen LogP contribution in [-0.4, -0.2) is 74.0 Å². The Bertz CT molecular complexity index is 726. The van der Waals surface area contributed by atoms with Crippen LogP contribution in [0.3, 0.4) is 0 Å². The Kier molecular flexibility index (Phi) is 7.13. The van der Waals surface area contributed by atoms with E-state index in [1.54, 1.807) is 31.2 Å². The van der Waals surface area contributed by atoms with E-state index in [9.17, 15) is 18.0 Å². The van der Waals surface area contributed by atoms with E-state index in [-0.39, 0.29) is 23.8 Å². The normalized spacial score (nSPS) is 15.6. The molecule has 0 saturated carbocycles. The van der Waals surface area contributed by atoms with Gasteiger partial charge in [-0.05, 0) is 31.0 Å². The van der Waals surface area contributed by atoms with Crippen LogP contribution in [0, 0.1) is 0 Å². The standard InChI is InChI=1S/C17H24N2O6S/c1-2-18(13-17(21)22)16(20)8-5-14-3-6-15(7-4-14)26(23,24)19-9-11-25-12-10-19/h3-4,6-7H,2,5,8-13H2,1H3,(H,21,22). The number of nitrogens with zero attached hydrogens (tertiary/aromatic N) is 2. The average Bonchev–Trinajstić information content (AvgIpc) is 2.65. The van der Waals surface area contributed by atoms with Crippen LogP contribution in [0.5, 0.6) is 0 Å². The number of sulfonamides is 1. The molecule has 8 nitrogen and oxygen atoms in total. The molecule has 1 aliphatic rings. The number of hydrogen-bond donors (Lipinski definition) is 1. The van der Waals surface area contributed by atoms with Gasteiger partial charge in [-0.15, -0.1) is 0 Å². The fourth-order valence-corrected chi connectivity index (χ4v) is 4.12. The van der Waals surface area contributed by atoms with Gasteiger partial charge in [-0.3, -0.25) is 9.59 Å². The van der Waals surface area contributed by atoms with Gasteiger partial charge in [0.05, 0.1) is 18.1 Å². The molecule has 0 atom stereocenters. The summed E-state index contributed by atoms with van der Waals surface area (Å²) in [5.74, 6) is -1.28. The Morgan fingerprint density at radius 1 is 1.19 bits per heavy atom. The highest BCUT2D eigenvalue weighted by atomic mass is 32.2. The first-order valence-corrected chi connectivity index (χ1v) is 9.95. The maximum atomic E-state index is 12.5. The Balaban J connectivity index is 1.96. The van der Waals surface area contributed by atoms with Crippen LogP contribution < -0.4 is 0 Å². The van der Waals surface area contributed by atoms with Gasteiger partial charge in [0.25, 0.3) is 0 Å². The minimum Gasteiger partial charge on any atom is -0.480 e. The zero-order valence-electron chi connectivity index (χ0n) is 14.8. The number of ether oxygens (including phenoxy) is 1. The third kappa shape index (κ3) is 5.26. The Hall–Kier alpha value is -1.97. The summed E-state index contributed by atoms with van der Waals surface area (Å²) in [4.78, 5) is 24.3. The third-order valence-electron chi connectivity index (χ3n) is 4.22. The summed E-state index contributed by atoms with van der Waals surface area (Å²) >= 11 is 0. The van der Waals surface area contributed by atoms with Crippen molar-refractivity contribution in [2.75, 3.05) is 39.4 Å². The molecule has 2 rings (SSSR count). The van der Waals surface area contributed by atoms with Crippen LogP contribution >= 0.6 is 0 Å². The molecule has 1 saturated heterocycles. The van der Waals surface area contributed by atoms with Crippen LogP contribution in [0.4, 0.5) is 0 Å². The van der Waals surface area contributed by atoms with Crippen LogP contribution in [0.25, 0.3) is 0 Å². The van der Waals surface area contributed by atoms with Gasteiger partial charge in [-0.25, -0.2) is 8.42 Å². The number of aliphatic carboxylic acids is 1. The molecule has 1 aromatic rings. The van der Waals surface area contributed by atoms with E-state index in [4.69, 9.17) is 9.84 Å². The number of rotatable bonds is 8. The Morgan fingerprint density at radius 3 is 2.35 bits per heavy atom. The SMILES string of the molecule is CCN(CC(=O)O)C(=O)CCc1ccc(S(=O)(=O)N2CCOCC2)cc1. The summed E-state index contributed by atoms with van der Waals surface area (Å²) in [5, 5.41) is 8.80. The number of morpholine rings is 1. The molecule has 0 spiro atoms. The predicted octanol–water partition coefficient (Wildman–Crippen LogP) is 0.573. The Morgan fingerprint density at radius 2 is 1.81 bits per heavy atom. The third-order valence-corrected chi connectivity index (χ3v) is 6.13. The molecule has 144 valence electrons. The van der Waals surface area contributed by atoms with E-state index >= 15 is 0 Å². The zero-order valence-corrected chi connectivity index (χ0v) is 15.6. The van der Waals surface area contributed by atoms with E-state index in [1.165, 1.54) is 9.21 Å². The second-order valence-corrected chi connectivity index (χ2v) is 7.90. The quantitative estimate of drug-likeness (QED) is 0.703. The van der Waals surface area contributed by atoms with Crippen molar-refractivity contribution in [3.8, 4) is 0 Å². The number of likely N-dealkylation sites (N-methyl/N-ethyl adjacent to an activating group) is 1. The summed E-state index contributed by atoms with van der Waals surface area (Å²) in [6, 6.07) is 6.46. The number of carbonyl (C=O) groups excluding carboxylic acids is 1. The van der Waals surface area contributed by atoms with E-state index < -0.39 is 16.0 Å². The number of aryl methyl sites for hydroxylation is 1. The molecular weight excluding hydrogens is 360 g/mol. The predicted molar refractivity (Wildman–Crippen MR) is 94.2 cm³/mol. The highest BCUT2D eigenvalue weighted by Gasteiger charge is 2.26. The van der Waals surface area contributed by atoms with Gasteiger partial charge in [0.2, 0.25) is 15.9 Å². The van der Waals surface area contributed by atoms with Crippen molar-refractivity contribution >= 4 is 21.9 Å². The lowest BCUT2D eigenvalue weighted by Crippen LogP contribution is -2.40. The molecule has 0 unspecified atom stereocenters. The minimum atomic E-state index is -3.53. The molecule has 0 bridgehead atoms. The molecule has 0 aromatic heterocycles. The van der Waals surface area contributed by atoms with Crippen molar-refractivity contribution in [3.63, 3.8) is 0 Å². The smallest absolute Gasteiger partial charge is 0.323 e. The second kappa shape index (κ2) is 9.11. The molecule has 0 radical (unpaired) electrons. The number of benzene rings is 1. The molecule has 1 aromatic carbocycles. The molecule has 1 aliphatic heterocycles. The highest BCUT2D eigenvalue weighted by Crippen LogP contribution is 2.18. The van der Waals surface area contributed by atoms with Gasteiger partial charge < -0.3 is 14.7 Å². The maximum Gasteiger partial charge on any atom is 0.323 e. The molecule has 0 aliphatic carbocycles. The van der Waals surface area contributed by atoms with Crippen molar-refractivity contribution in [1.82, 2.24) is 9.21 Å². The Labute approximate surface area is 153 Å². The fraction of sp³-hybridized carbons (Fsp3) is 0.529. The molecule has 9 heteroatoms. The first-order valence-electron chi connectivity index (χ1n) is 8.51. The van der Waals surface area contributed by atoms with Gasteiger partial charge in [-0.1, -0.05) is 12.1 Å². The molecular formula is C17H24N2O6S. The first kappa shape index (κ1) is 20.3. The van der Waals surface area contributed by atoms with Gasteiger partial charge >= 0.3 is 5.97 Å². The lowest BCUT2D eigenvalue weighted by Gasteiger charge is -2.26. The van der Waals surface area contributed by atoms with Crippen LogP contribution in [-0.2, 0) is 30.8 Å².